The fourth-order valence-electron chi connectivity index (χ4n) is 5.09. The van der Waals surface area contributed by atoms with Crippen molar-refractivity contribution in [2.75, 3.05) is 36.5 Å². The first-order chi connectivity index (χ1) is 16.3. The van der Waals surface area contributed by atoms with E-state index in [-0.39, 0.29) is 17.2 Å². The minimum Gasteiger partial charge on any atom is -0.478 e. The molecular formula is C26H30N4O4. The molecule has 1 spiro atoms. The van der Waals surface area contributed by atoms with Gasteiger partial charge in [-0.15, -0.1) is 0 Å². The Hall–Kier alpha value is -3.39. The normalized spacial score (nSPS) is 18.0. The van der Waals surface area contributed by atoms with Crippen molar-refractivity contribution in [2.24, 2.45) is 5.41 Å². The number of fused-ring (bicyclic) bond motifs is 1. The van der Waals surface area contributed by atoms with Crippen LogP contribution in [0.4, 0.5) is 11.5 Å². The molecule has 2 aliphatic rings. The summed E-state index contributed by atoms with van der Waals surface area (Å²) >= 11 is 0. The third-order valence-electron chi connectivity index (χ3n) is 7.23. The van der Waals surface area contributed by atoms with E-state index in [1.54, 1.807) is 28.7 Å². The molecule has 1 aromatic carbocycles. The number of carboxylic acids is 1. The van der Waals surface area contributed by atoms with Crippen LogP contribution in [-0.2, 0) is 4.74 Å². The Morgan fingerprint density at radius 2 is 1.91 bits per heavy atom. The second-order valence-corrected chi connectivity index (χ2v) is 9.73. The molecule has 5 rings (SSSR count). The molecule has 1 atom stereocenters. The predicted octanol–water partition coefficient (Wildman–Crippen LogP) is 3.80. The van der Waals surface area contributed by atoms with Crippen LogP contribution in [0.1, 0.15) is 52.9 Å². The quantitative estimate of drug-likeness (QED) is 0.595. The Morgan fingerprint density at radius 3 is 2.56 bits per heavy atom. The summed E-state index contributed by atoms with van der Waals surface area (Å²) in [6.45, 7) is 9.13. The van der Waals surface area contributed by atoms with E-state index in [9.17, 15) is 14.7 Å². The maximum atomic E-state index is 13.4. The lowest BCUT2D eigenvalue weighted by Crippen LogP contribution is -2.51. The molecule has 34 heavy (non-hydrogen) atoms. The zero-order valence-corrected chi connectivity index (χ0v) is 19.8. The van der Waals surface area contributed by atoms with Gasteiger partial charge in [-0.3, -0.25) is 9.20 Å². The van der Waals surface area contributed by atoms with Gasteiger partial charge in [-0.05, 0) is 57.4 Å². The number of nitrogens with zero attached hydrogens (tertiary/aromatic N) is 3. The number of carbonyl (C=O) groups is 1. The highest BCUT2D eigenvalue weighted by Gasteiger charge is 2.41. The largest absolute Gasteiger partial charge is 0.478 e. The van der Waals surface area contributed by atoms with E-state index in [1.807, 2.05) is 33.0 Å². The number of nitrogens with one attached hydrogen (secondary N) is 1. The molecule has 0 radical (unpaired) electrons. The lowest BCUT2D eigenvalue weighted by molar-refractivity contribution is -0.124. The van der Waals surface area contributed by atoms with Gasteiger partial charge in [-0.2, -0.15) is 0 Å². The molecule has 0 aliphatic carbocycles. The molecule has 2 aromatic heterocycles. The smallest absolute Gasteiger partial charge is 0.337 e. The molecule has 0 amide bonds. The Bertz CT molecular complexity index is 1320. The van der Waals surface area contributed by atoms with E-state index in [4.69, 9.17) is 9.72 Å². The van der Waals surface area contributed by atoms with Crippen LogP contribution in [0.2, 0.25) is 0 Å². The van der Waals surface area contributed by atoms with Gasteiger partial charge in [0, 0.05) is 36.0 Å². The summed E-state index contributed by atoms with van der Waals surface area (Å²) in [6, 6.07) is 8.58. The number of aromatic nitrogens is 2. The second kappa shape index (κ2) is 8.43. The first-order valence-electron chi connectivity index (χ1n) is 11.7. The van der Waals surface area contributed by atoms with Crippen molar-refractivity contribution in [1.82, 2.24) is 9.38 Å². The van der Waals surface area contributed by atoms with E-state index in [0.29, 0.717) is 22.3 Å². The molecule has 2 aliphatic heterocycles. The van der Waals surface area contributed by atoms with Crippen molar-refractivity contribution in [3.63, 3.8) is 0 Å². The average Bonchev–Trinajstić information content (AvgIpc) is 2.80. The van der Waals surface area contributed by atoms with Crippen molar-refractivity contribution in [3.8, 4) is 0 Å². The molecule has 2 N–H and O–H groups in total. The molecule has 4 heterocycles. The number of para-hydroxylation sites is 1. The molecule has 178 valence electrons. The van der Waals surface area contributed by atoms with Crippen LogP contribution in [0, 0.1) is 19.3 Å². The van der Waals surface area contributed by atoms with Crippen LogP contribution in [-0.4, -0.2) is 46.8 Å². The SMILES string of the molecule is Cc1cc([C@@H](C)Nc2ccccc2C(=O)O)c2nc(N3CCC4(CC3)COC4)c(C)c(=O)n2c1. The lowest BCUT2D eigenvalue weighted by atomic mass is 9.77. The number of hydrogen-bond donors (Lipinski definition) is 2. The fourth-order valence-corrected chi connectivity index (χ4v) is 5.09. The van der Waals surface area contributed by atoms with Gasteiger partial charge in [-0.1, -0.05) is 12.1 Å². The van der Waals surface area contributed by atoms with Crippen molar-refractivity contribution < 1.29 is 14.6 Å². The van der Waals surface area contributed by atoms with Crippen LogP contribution >= 0.6 is 0 Å². The summed E-state index contributed by atoms with van der Waals surface area (Å²) in [6.07, 6.45) is 3.90. The van der Waals surface area contributed by atoms with Gasteiger partial charge in [0.1, 0.15) is 11.5 Å². The zero-order chi connectivity index (χ0) is 24.0. The number of pyridine rings is 1. The Kier molecular flexibility index (Phi) is 5.56. The van der Waals surface area contributed by atoms with E-state index in [0.717, 1.165) is 56.1 Å². The molecule has 0 unspecified atom stereocenters. The van der Waals surface area contributed by atoms with Crippen LogP contribution in [0.3, 0.4) is 0 Å². The summed E-state index contributed by atoms with van der Waals surface area (Å²) < 4.78 is 7.07. The molecule has 0 bridgehead atoms. The van der Waals surface area contributed by atoms with Crippen LogP contribution < -0.4 is 15.8 Å². The average molecular weight is 463 g/mol. The van der Waals surface area contributed by atoms with E-state index in [1.165, 1.54) is 0 Å². The van der Waals surface area contributed by atoms with Crippen molar-refractivity contribution in [1.29, 1.82) is 0 Å². The summed E-state index contributed by atoms with van der Waals surface area (Å²) in [5.41, 5.74) is 3.98. The Balaban J connectivity index is 1.54. The van der Waals surface area contributed by atoms with Gasteiger partial charge < -0.3 is 20.1 Å². The minimum atomic E-state index is -0.989. The van der Waals surface area contributed by atoms with Gasteiger partial charge >= 0.3 is 5.97 Å². The minimum absolute atomic E-state index is 0.0737. The van der Waals surface area contributed by atoms with Crippen molar-refractivity contribution >= 4 is 23.1 Å². The summed E-state index contributed by atoms with van der Waals surface area (Å²) in [5.74, 6) is -0.250. The van der Waals surface area contributed by atoms with Gasteiger partial charge in [0.05, 0.1) is 30.4 Å². The van der Waals surface area contributed by atoms with Crippen LogP contribution in [0.15, 0.2) is 41.3 Å². The van der Waals surface area contributed by atoms with E-state index < -0.39 is 5.97 Å². The lowest BCUT2D eigenvalue weighted by Gasteiger charge is -2.47. The topological polar surface area (TPSA) is 96.2 Å². The highest BCUT2D eigenvalue weighted by Crippen LogP contribution is 2.39. The highest BCUT2D eigenvalue weighted by molar-refractivity contribution is 5.94. The number of aromatic carboxylic acids is 1. The number of piperidine rings is 1. The number of carboxylic acid groups (broad SMARTS) is 1. The highest BCUT2D eigenvalue weighted by atomic mass is 16.5. The maximum absolute atomic E-state index is 13.4. The molecule has 0 saturated carbocycles. The molecular weight excluding hydrogens is 432 g/mol. The monoisotopic (exact) mass is 462 g/mol. The summed E-state index contributed by atoms with van der Waals surface area (Å²) in [5, 5.41) is 12.9. The van der Waals surface area contributed by atoms with Crippen LogP contribution in [0.5, 0.6) is 0 Å². The van der Waals surface area contributed by atoms with Gasteiger partial charge in [-0.25, -0.2) is 9.78 Å². The van der Waals surface area contributed by atoms with Crippen molar-refractivity contribution in [2.45, 2.75) is 39.7 Å². The standard InChI is InChI=1S/C26H30N4O4/c1-16-12-20(18(3)27-21-7-5-4-6-19(21)25(32)33)23-28-22(17(2)24(31)30(23)13-16)29-10-8-26(9-11-29)14-34-15-26/h4-7,12-13,18,27H,8-11,14-15H2,1-3H3,(H,32,33)/t18-/m1/s1. The van der Waals surface area contributed by atoms with Gasteiger partial charge in [0.25, 0.3) is 5.56 Å². The first kappa shape index (κ1) is 22.4. The molecule has 2 fully saturated rings. The third-order valence-corrected chi connectivity index (χ3v) is 7.23. The third kappa shape index (κ3) is 3.81. The molecule has 2 saturated heterocycles. The van der Waals surface area contributed by atoms with Crippen LogP contribution in [0.25, 0.3) is 5.65 Å². The number of rotatable bonds is 5. The maximum Gasteiger partial charge on any atom is 0.337 e. The first-order valence-corrected chi connectivity index (χ1v) is 11.7. The number of benzene rings is 1. The van der Waals surface area contributed by atoms with Crippen molar-refractivity contribution in [3.05, 3.63) is 69.1 Å². The summed E-state index contributed by atoms with van der Waals surface area (Å²) in [7, 11) is 0. The number of aryl methyl sites for hydroxylation is 1. The number of ether oxygens (including phenoxy) is 1. The second-order valence-electron chi connectivity index (χ2n) is 9.73. The van der Waals surface area contributed by atoms with Gasteiger partial charge in [0.2, 0.25) is 0 Å². The Labute approximate surface area is 198 Å². The summed E-state index contributed by atoms with van der Waals surface area (Å²) in [4.78, 5) is 32.3. The predicted molar refractivity (Wildman–Crippen MR) is 131 cm³/mol. The number of hydrogen-bond acceptors (Lipinski definition) is 6. The van der Waals surface area contributed by atoms with E-state index >= 15 is 0 Å². The molecule has 8 nitrogen and oxygen atoms in total. The fraction of sp³-hybridized carbons (Fsp3) is 0.423. The zero-order valence-electron chi connectivity index (χ0n) is 19.8. The van der Waals surface area contributed by atoms with E-state index in [2.05, 4.69) is 10.2 Å². The Morgan fingerprint density at radius 1 is 1.21 bits per heavy atom. The molecule has 8 heteroatoms. The van der Waals surface area contributed by atoms with Gasteiger partial charge in [0.15, 0.2) is 0 Å². The molecule has 3 aromatic rings. The number of anilines is 2.